The SMILES string of the molecule is Cc1cc(-c2cc(Nc3ccc(N4CCN(C5CN(C6CN(c7ccc(C8CCC(=O)NC8=O)cc7)C6)C5)CC4)cn3)ncn2)ccc1[C@@H](C)NC(=O)c1nc(C(C)(C)C)no1. The molecule has 1 unspecified atom stereocenters. The molecule has 4 aliphatic heterocycles. The summed E-state index contributed by atoms with van der Waals surface area (Å²) in [6, 6.07) is 21.3. The Morgan fingerprint density at radius 2 is 1.58 bits per heavy atom. The van der Waals surface area contributed by atoms with Crippen molar-refractivity contribution in [2.75, 3.05) is 67.5 Å². The molecule has 0 spiro atoms. The number of hydrogen-bond donors (Lipinski definition) is 3. The lowest BCUT2D eigenvalue weighted by Crippen LogP contribution is -2.71. The number of piperidine rings is 1. The van der Waals surface area contributed by atoms with Crippen LogP contribution >= 0.6 is 0 Å². The molecule has 62 heavy (non-hydrogen) atoms. The summed E-state index contributed by atoms with van der Waals surface area (Å²) in [7, 11) is 0. The van der Waals surface area contributed by atoms with Gasteiger partial charge in [0.2, 0.25) is 11.8 Å². The largest absolute Gasteiger partial charge is 0.368 e. The number of likely N-dealkylation sites (tertiary alicyclic amines) is 1. The summed E-state index contributed by atoms with van der Waals surface area (Å²) in [5.41, 5.74) is 6.64. The first-order chi connectivity index (χ1) is 29.8. The Balaban J connectivity index is 0.712. The summed E-state index contributed by atoms with van der Waals surface area (Å²) in [5, 5.41) is 12.7. The second-order valence-electron chi connectivity index (χ2n) is 18.0. The number of rotatable bonds is 11. The van der Waals surface area contributed by atoms with E-state index in [1.807, 2.05) is 77.2 Å². The van der Waals surface area contributed by atoms with Crippen molar-refractivity contribution in [2.45, 2.75) is 76.9 Å². The van der Waals surface area contributed by atoms with Gasteiger partial charge in [0.15, 0.2) is 5.82 Å². The zero-order valence-electron chi connectivity index (χ0n) is 36.0. The van der Waals surface area contributed by atoms with Gasteiger partial charge in [-0.1, -0.05) is 50.2 Å². The smallest absolute Gasteiger partial charge is 0.315 e. The van der Waals surface area contributed by atoms with Crippen molar-refractivity contribution in [1.82, 2.24) is 45.5 Å². The summed E-state index contributed by atoms with van der Waals surface area (Å²) in [6.07, 6.45) is 4.45. The van der Waals surface area contributed by atoms with Gasteiger partial charge < -0.3 is 25.0 Å². The van der Waals surface area contributed by atoms with Crippen LogP contribution in [0.15, 0.2) is 77.7 Å². The fourth-order valence-corrected chi connectivity index (χ4v) is 8.83. The standard InChI is InChI=1S/C46H54N12O4/c1-28-20-31(8-12-36(28)29(2)50-43(61)44-53-45(54-62-44)46(3,4)5)38-21-40(49-27-48-38)51-39-14-11-33(22-47-39)55-16-18-56(19-17-55)34-23-58(24-34)35-25-57(26-35)32-9-6-30(7-10-32)37-13-15-41(59)52-42(37)60/h6-12,14,20-22,27,29,34-35,37H,13,15-19,23-26H2,1-5H3,(H,50,61)(H,52,59,60)(H,47,48,49,51)/t29-,37?/m1/s1. The van der Waals surface area contributed by atoms with Gasteiger partial charge in [-0.05, 0) is 67.3 Å². The molecule has 2 aromatic carbocycles. The molecular weight excluding hydrogens is 785 g/mol. The Kier molecular flexibility index (Phi) is 11.2. The number of nitrogens with one attached hydrogen (secondary N) is 3. The van der Waals surface area contributed by atoms with Crippen molar-refractivity contribution in [3.05, 3.63) is 102 Å². The van der Waals surface area contributed by atoms with E-state index in [1.165, 1.54) is 5.69 Å². The number of imide groups is 1. The summed E-state index contributed by atoms with van der Waals surface area (Å²) in [4.78, 5) is 64.7. The fraction of sp³-hybridized carbons (Fsp3) is 0.435. The summed E-state index contributed by atoms with van der Waals surface area (Å²) >= 11 is 0. The molecule has 0 aliphatic carbocycles. The Morgan fingerprint density at radius 1 is 0.839 bits per heavy atom. The van der Waals surface area contributed by atoms with Gasteiger partial charge in [-0.25, -0.2) is 15.0 Å². The van der Waals surface area contributed by atoms with Crippen molar-refractivity contribution in [3.63, 3.8) is 0 Å². The van der Waals surface area contributed by atoms with E-state index in [9.17, 15) is 14.4 Å². The van der Waals surface area contributed by atoms with Gasteiger partial charge in [-0.15, -0.1) is 0 Å². The predicted octanol–water partition coefficient (Wildman–Crippen LogP) is 4.98. The number of amides is 3. The fourth-order valence-electron chi connectivity index (χ4n) is 8.83. The lowest BCUT2D eigenvalue weighted by Gasteiger charge is -2.55. The number of aryl methyl sites for hydroxylation is 1. The number of aromatic nitrogens is 5. The van der Waals surface area contributed by atoms with Crippen LogP contribution in [0.25, 0.3) is 11.3 Å². The van der Waals surface area contributed by atoms with Gasteiger partial charge >= 0.3 is 11.8 Å². The van der Waals surface area contributed by atoms with Gasteiger partial charge in [0.25, 0.3) is 0 Å². The molecule has 16 nitrogen and oxygen atoms in total. The minimum Gasteiger partial charge on any atom is -0.368 e. The molecule has 2 atom stereocenters. The van der Waals surface area contributed by atoms with Crippen molar-refractivity contribution < 1.29 is 18.9 Å². The first-order valence-corrected chi connectivity index (χ1v) is 21.6. The maximum atomic E-state index is 12.9. The summed E-state index contributed by atoms with van der Waals surface area (Å²) in [6.45, 7) is 18.1. The molecular formula is C46H54N12O4. The molecule has 4 fully saturated rings. The van der Waals surface area contributed by atoms with Gasteiger partial charge in [-0.2, -0.15) is 4.98 Å². The number of carbonyl (C=O) groups is 3. The Hall–Kier alpha value is -6.26. The highest BCUT2D eigenvalue weighted by Crippen LogP contribution is 2.32. The number of nitrogens with zero attached hydrogens (tertiary/aromatic N) is 9. The van der Waals surface area contributed by atoms with Crippen LogP contribution in [0.4, 0.5) is 23.0 Å². The zero-order chi connectivity index (χ0) is 43.1. The maximum absolute atomic E-state index is 12.9. The maximum Gasteiger partial charge on any atom is 0.315 e. The minimum absolute atomic E-state index is 0.0500. The second kappa shape index (κ2) is 16.9. The van der Waals surface area contributed by atoms with E-state index >= 15 is 0 Å². The molecule has 9 rings (SSSR count). The molecule has 7 heterocycles. The van der Waals surface area contributed by atoms with E-state index in [0.29, 0.717) is 42.4 Å². The molecule has 322 valence electrons. The van der Waals surface area contributed by atoms with E-state index in [4.69, 9.17) is 9.51 Å². The zero-order valence-corrected chi connectivity index (χ0v) is 36.0. The third-order valence-electron chi connectivity index (χ3n) is 12.7. The van der Waals surface area contributed by atoms with E-state index < -0.39 is 5.91 Å². The quantitative estimate of drug-likeness (QED) is 0.152. The van der Waals surface area contributed by atoms with E-state index in [2.05, 4.69) is 79.9 Å². The first-order valence-electron chi connectivity index (χ1n) is 21.6. The molecule has 4 saturated heterocycles. The average molecular weight is 839 g/mol. The number of benzene rings is 2. The minimum atomic E-state index is -0.411. The van der Waals surface area contributed by atoms with Crippen molar-refractivity contribution in [3.8, 4) is 11.3 Å². The number of hydrogen-bond acceptors (Lipinski definition) is 14. The van der Waals surface area contributed by atoms with Crippen molar-refractivity contribution in [1.29, 1.82) is 0 Å². The Morgan fingerprint density at radius 3 is 2.26 bits per heavy atom. The van der Waals surface area contributed by atoms with Crippen molar-refractivity contribution >= 4 is 40.7 Å². The van der Waals surface area contributed by atoms with Crippen molar-refractivity contribution in [2.24, 2.45) is 0 Å². The molecule has 0 radical (unpaired) electrons. The number of piperazine rings is 1. The predicted molar refractivity (Wildman–Crippen MR) is 235 cm³/mol. The highest BCUT2D eigenvalue weighted by molar-refractivity contribution is 6.01. The van der Waals surface area contributed by atoms with Crippen LogP contribution in [0, 0.1) is 6.92 Å². The van der Waals surface area contributed by atoms with Crippen LogP contribution in [-0.2, 0) is 15.0 Å². The first kappa shape index (κ1) is 41.1. The molecule has 5 aromatic rings. The normalized spacial score (nSPS) is 19.7. The molecule has 3 amide bonds. The van der Waals surface area contributed by atoms with Gasteiger partial charge in [-0.3, -0.25) is 29.5 Å². The van der Waals surface area contributed by atoms with Crippen LogP contribution in [-0.4, -0.2) is 117 Å². The van der Waals surface area contributed by atoms with Gasteiger partial charge in [0.1, 0.15) is 18.0 Å². The van der Waals surface area contributed by atoms with Crippen LogP contribution in [0.5, 0.6) is 0 Å². The molecule has 4 aliphatic rings. The van der Waals surface area contributed by atoms with Crippen LogP contribution < -0.4 is 25.8 Å². The average Bonchev–Trinajstić information content (AvgIpc) is 3.74. The van der Waals surface area contributed by atoms with Crippen LogP contribution in [0.1, 0.15) is 85.7 Å². The molecule has 3 N–H and O–H groups in total. The molecule has 0 saturated carbocycles. The topological polar surface area (TPSA) is 178 Å². The third kappa shape index (κ3) is 8.75. The number of carbonyl (C=O) groups excluding carboxylic acids is 3. The van der Waals surface area contributed by atoms with Crippen LogP contribution in [0.3, 0.4) is 0 Å². The second-order valence-corrected chi connectivity index (χ2v) is 18.0. The summed E-state index contributed by atoms with van der Waals surface area (Å²) < 4.78 is 5.22. The Labute approximate surface area is 361 Å². The third-order valence-corrected chi connectivity index (χ3v) is 12.7. The van der Waals surface area contributed by atoms with E-state index in [1.54, 1.807) is 6.33 Å². The highest BCUT2D eigenvalue weighted by atomic mass is 16.5. The number of anilines is 4. The van der Waals surface area contributed by atoms with Gasteiger partial charge in [0, 0.05) is 93.6 Å². The molecule has 16 heteroatoms. The lowest BCUT2D eigenvalue weighted by atomic mass is 9.90. The number of pyridine rings is 1. The van der Waals surface area contributed by atoms with E-state index in [-0.39, 0.29) is 35.1 Å². The lowest BCUT2D eigenvalue weighted by molar-refractivity contribution is -0.134. The van der Waals surface area contributed by atoms with E-state index in [0.717, 1.165) is 86.0 Å². The summed E-state index contributed by atoms with van der Waals surface area (Å²) in [5.74, 6) is 0.765. The van der Waals surface area contributed by atoms with Gasteiger partial charge in [0.05, 0.1) is 29.5 Å². The molecule has 0 bridgehead atoms. The Bertz CT molecular complexity index is 2430. The monoisotopic (exact) mass is 838 g/mol. The molecule has 3 aromatic heterocycles. The van der Waals surface area contributed by atoms with Crippen LogP contribution in [0.2, 0.25) is 0 Å². The highest BCUT2D eigenvalue weighted by Gasteiger charge is 2.41.